The van der Waals surface area contributed by atoms with Crippen LogP contribution in [0.1, 0.15) is 51.9 Å². The highest BCUT2D eigenvalue weighted by atomic mass is 16.3. The van der Waals surface area contributed by atoms with E-state index < -0.39 is 0 Å². The minimum atomic E-state index is -0.308. The molecule has 0 aliphatic heterocycles. The van der Waals surface area contributed by atoms with Crippen molar-refractivity contribution in [2.24, 2.45) is 34.8 Å². The van der Waals surface area contributed by atoms with E-state index in [0.717, 1.165) is 38.0 Å². The van der Waals surface area contributed by atoms with Crippen molar-refractivity contribution in [3.8, 4) is 0 Å². The van der Waals surface area contributed by atoms with Crippen molar-refractivity contribution in [1.29, 1.82) is 0 Å². The third kappa shape index (κ3) is 1.97. The van der Waals surface area contributed by atoms with Crippen LogP contribution in [-0.4, -0.2) is 28.5 Å². The van der Waals surface area contributed by atoms with Crippen molar-refractivity contribution >= 4 is 0 Å². The summed E-state index contributed by atoms with van der Waals surface area (Å²) in [5, 5.41) is 20.2. The highest BCUT2D eigenvalue weighted by molar-refractivity contribution is 5.21. The van der Waals surface area contributed by atoms with Crippen LogP contribution in [-0.2, 0) is 0 Å². The van der Waals surface area contributed by atoms with Crippen molar-refractivity contribution in [1.82, 2.24) is 0 Å². The lowest BCUT2D eigenvalue weighted by molar-refractivity contribution is -0.00525. The fourth-order valence-electron chi connectivity index (χ4n) is 6.30. The van der Waals surface area contributed by atoms with Gasteiger partial charge >= 0.3 is 0 Å². The molecule has 0 radical (unpaired) electrons. The van der Waals surface area contributed by atoms with Crippen LogP contribution in [0.5, 0.6) is 0 Å². The number of rotatable bonds is 0. The van der Waals surface area contributed by atoms with Gasteiger partial charge in [0.05, 0.1) is 12.2 Å². The first-order valence-corrected chi connectivity index (χ1v) is 8.81. The second kappa shape index (κ2) is 4.81. The fourth-order valence-corrected chi connectivity index (χ4v) is 6.30. The number of aliphatic hydroxyl groups is 2. The van der Waals surface area contributed by atoms with Gasteiger partial charge in [0, 0.05) is 6.04 Å². The minimum absolute atomic E-state index is 0.0398. The third-order valence-electron chi connectivity index (χ3n) is 7.53. The summed E-state index contributed by atoms with van der Waals surface area (Å²) < 4.78 is 0. The monoisotopic (exact) mass is 291 g/mol. The lowest BCUT2D eigenvalue weighted by Crippen LogP contribution is -2.50. The Morgan fingerprint density at radius 2 is 2.00 bits per heavy atom. The number of aliphatic hydroxyl groups excluding tert-OH is 2. The predicted molar refractivity (Wildman–Crippen MR) is 82.5 cm³/mol. The summed E-state index contributed by atoms with van der Waals surface area (Å²) >= 11 is 0. The number of hydrogen-bond acceptors (Lipinski definition) is 3. The molecule has 0 heterocycles. The molecule has 4 N–H and O–H groups in total. The van der Waals surface area contributed by atoms with Crippen LogP contribution in [0.4, 0.5) is 0 Å². The molecule has 3 nitrogen and oxygen atoms in total. The summed E-state index contributed by atoms with van der Waals surface area (Å²) in [6.45, 7) is 2.32. The molecular weight excluding hydrogens is 262 g/mol. The van der Waals surface area contributed by atoms with E-state index in [0.29, 0.717) is 17.8 Å². The lowest BCUT2D eigenvalue weighted by atomic mass is 9.52. The van der Waals surface area contributed by atoms with E-state index in [1.165, 1.54) is 18.4 Å². The zero-order valence-corrected chi connectivity index (χ0v) is 13.0. The van der Waals surface area contributed by atoms with Crippen molar-refractivity contribution in [3.63, 3.8) is 0 Å². The van der Waals surface area contributed by atoms with Crippen LogP contribution in [0.3, 0.4) is 0 Å². The highest BCUT2D eigenvalue weighted by Crippen LogP contribution is 2.60. The Hall–Kier alpha value is -0.380. The SMILES string of the molecule is C[C@]12CC[C@H]3[C@@H](CC=C4C[C@H](O)CC[C@@H]43)[C@@H]1C[C@@H](O)[C@@H]2N. The molecule has 0 aromatic carbocycles. The Kier molecular flexibility index (Phi) is 3.26. The number of allylic oxidation sites excluding steroid dienone is 1. The van der Waals surface area contributed by atoms with Crippen molar-refractivity contribution < 1.29 is 10.2 Å². The van der Waals surface area contributed by atoms with Gasteiger partial charge in [-0.15, -0.1) is 0 Å². The van der Waals surface area contributed by atoms with E-state index in [2.05, 4.69) is 13.0 Å². The average Bonchev–Trinajstić information content (AvgIpc) is 2.70. The summed E-state index contributed by atoms with van der Waals surface area (Å²) in [5.41, 5.74) is 8.01. The summed E-state index contributed by atoms with van der Waals surface area (Å²) in [6.07, 6.45) is 9.51. The highest BCUT2D eigenvalue weighted by Gasteiger charge is 2.57. The summed E-state index contributed by atoms with van der Waals surface area (Å²) in [5.74, 6) is 2.76. The van der Waals surface area contributed by atoms with Gasteiger partial charge in [0.1, 0.15) is 0 Å². The van der Waals surface area contributed by atoms with E-state index in [9.17, 15) is 10.2 Å². The molecule has 4 aliphatic rings. The summed E-state index contributed by atoms with van der Waals surface area (Å²) in [4.78, 5) is 0. The van der Waals surface area contributed by atoms with Crippen molar-refractivity contribution in [2.75, 3.05) is 0 Å². The molecule has 3 saturated carbocycles. The van der Waals surface area contributed by atoms with Crippen LogP contribution in [0.2, 0.25) is 0 Å². The molecule has 0 saturated heterocycles. The van der Waals surface area contributed by atoms with Crippen LogP contribution in [0.25, 0.3) is 0 Å². The predicted octanol–water partition coefficient (Wildman–Crippen LogP) is 2.22. The average molecular weight is 291 g/mol. The lowest BCUT2D eigenvalue weighted by Gasteiger charge is -2.53. The number of hydrogen-bond donors (Lipinski definition) is 3. The first-order chi connectivity index (χ1) is 10.0. The molecule has 3 heteroatoms. The van der Waals surface area contributed by atoms with Crippen LogP contribution >= 0.6 is 0 Å². The first kappa shape index (κ1) is 14.2. The maximum Gasteiger partial charge on any atom is 0.0699 e. The Labute approximate surface area is 127 Å². The fraction of sp³-hybridized carbons (Fsp3) is 0.889. The van der Waals surface area contributed by atoms with Gasteiger partial charge in [-0.1, -0.05) is 18.6 Å². The van der Waals surface area contributed by atoms with Crippen LogP contribution < -0.4 is 5.73 Å². The Bertz CT molecular complexity index is 462. The molecule has 118 valence electrons. The van der Waals surface area contributed by atoms with Gasteiger partial charge in [0.15, 0.2) is 0 Å². The second-order valence-electron chi connectivity index (χ2n) is 8.36. The molecule has 0 aromatic heterocycles. The molecule has 0 bridgehead atoms. The zero-order valence-electron chi connectivity index (χ0n) is 13.0. The molecule has 21 heavy (non-hydrogen) atoms. The smallest absolute Gasteiger partial charge is 0.0699 e. The topological polar surface area (TPSA) is 66.5 Å². The quantitative estimate of drug-likeness (QED) is 0.600. The van der Waals surface area contributed by atoms with Gasteiger partial charge < -0.3 is 15.9 Å². The second-order valence-corrected chi connectivity index (χ2v) is 8.36. The number of fused-ring (bicyclic) bond motifs is 5. The van der Waals surface area contributed by atoms with Crippen molar-refractivity contribution in [2.45, 2.75) is 70.1 Å². The standard InChI is InChI=1S/C18H29NO2/c1-18-7-6-13-12-5-3-11(20)8-10(12)2-4-14(13)15(18)9-16(21)17(18)19/h2,11-17,20-21H,3-9,19H2,1H3/t11-,12+,13-,14-,15+,16-,17+,18+/m1/s1. The number of nitrogens with two attached hydrogens (primary N) is 1. The Balaban J connectivity index is 1.63. The molecule has 8 atom stereocenters. The van der Waals surface area contributed by atoms with Crippen LogP contribution in [0, 0.1) is 29.1 Å². The summed E-state index contributed by atoms with van der Waals surface area (Å²) in [6, 6.07) is -0.0398. The molecule has 0 aromatic rings. The molecule has 4 rings (SSSR count). The molecule has 4 aliphatic carbocycles. The minimum Gasteiger partial charge on any atom is -0.393 e. The van der Waals surface area contributed by atoms with E-state index >= 15 is 0 Å². The van der Waals surface area contributed by atoms with Gasteiger partial charge in [-0.2, -0.15) is 0 Å². The molecule has 0 amide bonds. The van der Waals surface area contributed by atoms with E-state index in [1.54, 1.807) is 0 Å². The molecule has 0 spiro atoms. The van der Waals surface area contributed by atoms with Gasteiger partial charge in [0.25, 0.3) is 0 Å². The van der Waals surface area contributed by atoms with Gasteiger partial charge in [-0.25, -0.2) is 0 Å². The molecular formula is C18H29NO2. The van der Waals surface area contributed by atoms with E-state index in [1.807, 2.05) is 0 Å². The Morgan fingerprint density at radius 3 is 2.81 bits per heavy atom. The maximum absolute atomic E-state index is 10.3. The van der Waals surface area contributed by atoms with Gasteiger partial charge in [-0.3, -0.25) is 0 Å². The molecule has 3 fully saturated rings. The third-order valence-corrected chi connectivity index (χ3v) is 7.53. The zero-order chi connectivity index (χ0) is 14.8. The largest absolute Gasteiger partial charge is 0.393 e. The summed E-state index contributed by atoms with van der Waals surface area (Å²) in [7, 11) is 0. The Morgan fingerprint density at radius 1 is 1.19 bits per heavy atom. The normalized spacial score (nSPS) is 56.2. The first-order valence-electron chi connectivity index (χ1n) is 8.81. The van der Waals surface area contributed by atoms with Gasteiger partial charge in [0.2, 0.25) is 0 Å². The van der Waals surface area contributed by atoms with Gasteiger partial charge in [-0.05, 0) is 74.0 Å². The van der Waals surface area contributed by atoms with E-state index in [4.69, 9.17) is 5.73 Å². The van der Waals surface area contributed by atoms with E-state index in [-0.39, 0.29) is 23.7 Å². The van der Waals surface area contributed by atoms with Crippen molar-refractivity contribution in [3.05, 3.63) is 11.6 Å². The maximum atomic E-state index is 10.3. The molecule has 0 unspecified atom stereocenters. The van der Waals surface area contributed by atoms with Crippen LogP contribution in [0.15, 0.2) is 11.6 Å².